The molecule has 1 aliphatic carbocycles. The molecule has 0 bridgehead atoms. The minimum absolute atomic E-state index is 0.0768. The Hall–Kier alpha value is -3.22. The maximum atomic E-state index is 14.3. The number of rotatable bonds is 6. The number of fused-ring (bicyclic) bond motifs is 1. The summed E-state index contributed by atoms with van der Waals surface area (Å²) in [6.07, 6.45) is 0.313. The summed E-state index contributed by atoms with van der Waals surface area (Å²) in [5, 5.41) is 0. The number of carbonyl (C=O) groups is 2. The summed E-state index contributed by atoms with van der Waals surface area (Å²) in [5.74, 6) is 0.549. The monoisotopic (exact) mass is 478 g/mol. The van der Waals surface area contributed by atoms with Gasteiger partial charge in [0, 0.05) is 5.69 Å². The zero-order valence-corrected chi connectivity index (χ0v) is 20.4. The zero-order valence-electron chi connectivity index (χ0n) is 20.4. The molecule has 1 saturated carbocycles. The van der Waals surface area contributed by atoms with Gasteiger partial charge in [-0.25, -0.2) is 9.37 Å². The fraction of sp³-hybridized carbons (Fsp3) is 0.464. The number of hydrogen-bond acceptors (Lipinski definition) is 5. The van der Waals surface area contributed by atoms with Gasteiger partial charge in [0.05, 0.1) is 24.1 Å². The maximum absolute atomic E-state index is 14.3. The molecule has 0 spiro atoms. The van der Waals surface area contributed by atoms with Crippen molar-refractivity contribution < 1.29 is 23.5 Å². The number of Topliss-reactive ketones (excluding diaryl/α,β-unsaturated/α-hetero) is 1. The zero-order chi connectivity index (χ0) is 24.7. The molecule has 184 valence electrons. The van der Waals surface area contributed by atoms with Crippen molar-refractivity contribution in [1.29, 1.82) is 0 Å². The number of nitrogens with zero attached hydrogens (tertiary/aromatic N) is 2. The molecule has 3 aliphatic rings. The highest BCUT2D eigenvalue weighted by Crippen LogP contribution is 2.48. The molecule has 1 aromatic carbocycles. The smallest absolute Gasteiger partial charge is 0.295 e. The Kier molecular flexibility index (Phi) is 6.34. The van der Waals surface area contributed by atoms with E-state index in [1.807, 2.05) is 43.3 Å². The van der Waals surface area contributed by atoms with Crippen molar-refractivity contribution in [3.63, 3.8) is 0 Å². The van der Waals surface area contributed by atoms with Crippen molar-refractivity contribution in [1.82, 2.24) is 4.98 Å². The fourth-order valence-electron chi connectivity index (χ4n) is 5.22. The van der Waals surface area contributed by atoms with Crippen LogP contribution in [0, 0.1) is 18.8 Å². The second-order valence-corrected chi connectivity index (χ2v) is 10.1. The summed E-state index contributed by atoms with van der Waals surface area (Å²) < 4.78 is 26.4. The van der Waals surface area contributed by atoms with Gasteiger partial charge in [0.15, 0.2) is 11.5 Å². The van der Waals surface area contributed by atoms with Crippen LogP contribution in [0.25, 0.3) is 0 Å². The molecule has 4 atom stereocenters. The van der Waals surface area contributed by atoms with Crippen molar-refractivity contribution in [2.45, 2.75) is 64.8 Å². The molecule has 1 fully saturated rings. The van der Waals surface area contributed by atoms with Gasteiger partial charge in [0.1, 0.15) is 23.8 Å². The van der Waals surface area contributed by atoms with Gasteiger partial charge in [-0.15, -0.1) is 0 Å². The molecular weight excluding hydrogens is 447 g/mol. The minimum atomic E-state index is -1.03. The molecule has 35 heavy (non-hydrogen) atoms. The van der Waals surface area contributed by atoms with Gasteiger partial charge in [-0.2, -0.15) is 0 Å². The van der Waals surface area contributed by atoms with Crippen LogP contribution in [0.15, 0.2) is 53.8 Å². The molecular formula is C28H31FN2O4. The van der Waals surface area contributed by atoms with Crippen LogP contribution in [0.2, 0.25) is 0 Å². The third-order valence-corrected chi connectivity index (χ3v) is 7.04. The molecule has 6 nitrogen and oxygen atoms in total. The van der Waals surface area contributed by atoms with Crippen molar-refractivity contribution in [2.75, 3.05) is 11.5 Å². The standard InChI is InChI=1S/C28H31FN2O4/c1-16(2)12-13-34-20-8-5-7-18(14-20)25-24-26(32)21-15-19(29)10-11-22(21)35-27(24)28(33)31(25)23-9-4-6-17(3)30-23/h4-9,14,16,19,21-22,25H,10-13,15H2,1-3H3. The number of benzene rings is 1. The van der Waals surface area contributed by atoms with Gasteiger partial charge in [-0.1, -0.05) is 32.0 Å². The van der Waals surface area contributed by atoms with Crippen LogP contribution in [0.4, 0.5) is 10.2 Å². The lowest BCUT2D eigenvalue weighted by molar-refractivity contribution is -0.133. The second kappa shape index (κ2) is 9.44. The number of carbonyl (C=O) groups excluding carboxylic acids is 2. The van der Waals surface area contributed by atoms with Crippen LogP contribution >= 0.6 is 0 Å². The number of anilines is 1. The van der Waals surface area contributed by atoms with Crippen LogP contribution in [0.5, 0.6) is 5.75 Å². The second-order valence-electron chi connectivity index (χ2n) is 10.1. The van der Waals surface area contributed by atoms with Crippen LogP contribution in [0.1, 0.15) is 56.8 Å². The van der Waals surface area contributed by atoms with Gasteiger partial charge < -0.3 is 9.47 Å². The summed E-state index contributed by atoms with van der Waals surface area (Å²) in [5.41, 5.74) is 1.79. The summed E-state index contributed by atoms with van der Waals surface area (Å²) in [6, 6.07) is 12.2. The first-order valence-corrected chi connectivity index (χ1v) is 12.4. The van der Waals surface area contributed by atoms with E-state index in [1.165, 1.54) is 4.90 Å². The Morgan fingerprint density at radius 2 is 1.97 bits per heavy atom. The highest BCUT2D eigenvalue weighted by atomic mass is 19.1. The first-order valence-electron chi connectivity index (χ1n) is 12.4. The molecule has 1 amide bonds. The van der Waals surface area contributed by atoms with Crippen LogP contribution < -0.4 is 9.64 Å². The van der Waals surface area contributed by atoms with Gasteiger partial charge in [-0.05, 0) is 68.4 Å². The lowest BCUT2D eigenvalue weighted by Crippen LogP contribution is -2.42. The minimum Gasteiger partial charge on any atom is -0.494 e. The number of ketones is 1. The Morgan fingerprint density at radius 3 is 2.74 bits per heavy atom. The molecule has 2 aliphatic heterocycles. The lowest BCUT2D eigenvalue weighted by atomic mass is 9.77. The van der Waals surface area contributed by atoms with Gasteiger partial charge >= 0.3 is 0 Å². The summed E-state index contributed by atoms with van der Waals surface area (Å²) >= 11 is 0. The highest BCUT2D eigenvalue weighted by Gasteiger charge is 2.53. The fourth-order valence-corrected chi connectivity index (χ4v) is 5.22. The normalized spacial score (nSPS) is 26.0. The summed E-state index contributed by atoms with van der Waals surface area (Å²) in [4.78, 5) is 33.6. The largest absolute Gasteiger partial charge is 0.494 e. The van der Waals surface area contributed by atoms with Gasteiger partial charge in [0.2, 0.25) is 0 Å². The van der Waals surface area contributed by atoms with Crippen LogP contribution in [-0.4, -0.2) is 35.6 Å². The number of aryl methyl sites for hydroxylation is 1. The third kappa shape index (κ3) is 4.44. The molecule has 1 aromatic heterocycles. The molecule has 7 heteroatoms. The molecule has 0 saturated heterocycles. The van der Waals surface area contributed by atoms with E-state index in [4.69, 9.17) is 9.47 Å². The van der Waals surface area contributed by atoms with E-state index in [2.05, 4.69) is 18.8 Å². The number of pyridine rings is 1. The predicted molar refractivity (Wildman–Crippen MR) is 130 cm³/mol. The molecule has 3 heterocycles. The SMILES string of the molecule is Cc1cccc(N2C(=O)C3=C(C(=O)C4CC(F)CCC4O3)C2c2cccc(OCCC(C)C)c2)n1. The van der Waals surface area contributed by atoms with Crippen molar-refractivity contribution in [3.05, 3.63) is 65.1 Å². The third-order valence-electron chi connectivity index (χ3n) is 7.04. The Labute approximate surface area is 205 Å². The van der Waals surface area contributed by atoms with Gasteiger partial charge in [0.25, 0.3) is 5.91 Å². The van der Waals surface area contributed by atoms with E-state index >= 15 is 0 Å². The van der Waals surface area contributed by atoms with E-state index in [0.29, 0.717) is 42.5 Å². The highest BCUT2D eigenvalue weighted by molar-refractivity contribution is 6.17. The number of alkyl halides is 1. The lowest BCUT2D eigenvalue weighted by Gasteiger charge is -2.36. The van der Waals surface area contributed by atoms with E-state index in [0.717, 1.165) is 17.7 Å². The number of amides is 1. The van der Waals surface area contributed by atoms with E-state index in [-0.39, 0.29) is 23.9 Å². The van der Waals surface area contributed by atoms with E-state index < -0.39 is 24.2 Å². The van der Waals surface area contributed by atoms with E-state index in [9.17, 15) is 14.0 Å². The van der Waals surface area contributed by atoms with Crippen molar-refractivity contribution in [2.24, 2.45) is 11.8 Å². The molecule has 2 aromatic rings. The van der Waals surface area contributed by atoms with Crippen LogP contribution in [-0.2, 0) is 14.3 Å². The van der Waals surface area contributed by atoms with Crippen molar-refractivity contribution in [3.8, 4) is 5.75 Å². The van der Waals surface area contributed by atoms with E-state index in [1.54, 1.807) is 6.07 Å². The Balaban J connectivity index is 1.57. The number of hydrogen-bond donors (Lipinski definition) is 0. The first-order chi connectivity index (χ1) is 16.8. The Bertz CT molecular complexity index is 1180. The number of aromatic nitrogens is 1. The summed E-state index contributed by atoms with van der Waals surface area (Å²) in [7, 11) is 0. The first kappa shape index (κ1) is 23.5. The molecule has 4 unspecified atom stereocenters. The van der Waals surface area contributed by atoms with Gasteiger partial charge in [-0.3, -0.25) is 14.5 Å². The molecule has 0 N–H and O–H groups in total. The average molecular weight is 479 g/mol. The quantitative estimate of drug-likeness (QED) is 0.566. The van der Waals surface area contributed by atoms with Crippen molar-refractivity contribution >= 4 is 17.5 Å². The Morgan fingerprint density at radius 1 is 1.17 bits per heavy atom. The number of ether oxygens (including phenoxy) is 2. The predicted octanol–water partition coefficient (Wildman–Crippen LogP) is 5.26. The topological polar surface area (TPSA) is 68.7 Å². The summed E-state index contributed by atoms with van der Waals surface area (Å²) in [6.45, 7) is 6.71. The number of halogens is 1. The molecule has 0 radical (unpaired) electrons. The average Bonchev–Trinajstić information content (AvgIpc) is 3.12. The molecule has 5 rings (SSSR count). The van der Waals surface area contributed by atoms with Crippen LogP contribution in [0.3, 0.4) is 0 Å². The maximum Gasteiger partial charge on any atom is 0.295 e.